The van der Waals surface area contributed by atoms with Crippen molar-refractivity contribution in [2.24, 2.45) is 0 Å². The van der Waals surface area contributed by atoms with E-state index in [4.69, 9.17) is 19.4 Å². The van der Waals surface area contributed by atoms with Crippen molar-refractivity contribution in [1.29, 1.82) is 0 Å². The first-order valence-corrected chi connectivity index (χ1v) is 18.5. The molecule has 0 radical (unpaired) electrons. The lowest BCUT2D eigenvalue weighted by molar-refractivity contribution is 0.669. The molecule has 0 amide bonds. The quantitative estimate of drug-likeness (QED) is 0.179. The van der Waals surface area contributed by atoms with Gasteiger partial charge in [-0.1, -0.05) is 158 Å². The first-order chi connectivity index (χ1) is 27.2. The molecular formula is C51H31N3O. The Labute approximate surface area is 317 Å². The van der Waals surface area contributed by atoms with Gasteiger partial charge in [-0.3, -0.25) is 0 Å². The minimum absolute atomic E-state index is 0.603. The third kappa shape index (κ3) is 5.34. The second-order valence-electron chi connectivity index (χ2n) is 14.0. The lowest BCUT2D eigenvalue weighted by Crippen LogP contribution is -2.00. The molecule has 2 aromatic heterocycles. The lowest BCUT2D eigenvalue weighted by Gasteiger charge is -2.12. The van der Waals surface area contributed by atoms with Crippen LogP contribution in [-0.2, 0) is 0 Å². The zero-order chi connectivity index (χ0) is 36.3. The highest BCUT2D eigenvalue weighted by atomic mass is 16.3. The SMILES string of the molecule is c1ccc(-c2nc(-c3ccccc3)nc(-c3cccc4oc5cc(-c6ccc7cc(-c8ccc9ccccc9c8)ccc7c6)c6ccccc6c5c34)n2)cc1. The summed E-state index contributed by atoms with van der Waals surface area (Å²) in [5, 5.41) is 9.21. The molecule has 0 fully saturated rings. The van der Waals surface area contributed by atoms with Gasteiger partial charge in [0.2, 0.25) is 0 Å². The van der Waals surface area contributed by atoms with Gasteiger partial charge >= 0.3 is 0 Å². The minimum Gasteiger partial charge on any atom is -0.456 e. The lowest BCUT2D eigenvalue weighted by atomic mass is 9.92. The number of aromatic nitrogens is 3. The van der Waals surface area contributed by atoms with Crippen molar-refractivity contribution >= 4 is 54.3 Å². The average molecular weight is 702 g/mol. The Balaban J connectivity index is 1.07. The second-order valence-corrected chi connectivity index (χ2v) is 14.0. The van der Waals surface area contributed by atoms with E-state index in [1.807, 2.05) is 72.8 Å². The van der Waals surface area contributed by atoms with Gasteiger partial charge in [-0.05, 0) is 84.9 Å². The number of furan rings is 1. The number of hydrogen-bond acceptors (Lipinski definition) is 4. The molecular weight excluding hydrogens is 671 g/mol. The molecule has 0 saturated carbocycles. The average Bonchev–Trinajstić information content (AvgIpc) is 3.65. The summed E-state index contributed by atoms with van der Waals surface area (Å²) >= 11 is 0. The Morgan fingerprint density at radius 2 is 0.818 bits per heavy atom. The van der Waals surface area contributed by atoms with Crippen LogP contribution in [0.25, 0.3) is 111 Å². The Kier molecular flexibility index (Phi) is 7.14. The predicted molar refractivity (Wildman–Crippen MR) is 227 cm³/mol. The first-order valence-electron chi connectivity index (χ1n) is 18.5. The topological polar surface area (TPSA) is 51.8 Å². The third-order valence-corrected chi connectivity index (χ3v) is 10.7. The van der Waals surface area contributed by atoms with Crippen molar-refractivity contribution in [2.45, 2.75) is 0 Å². The first kappa shape index (κ1) is 31.1. The maximum Gasteiger partial charge on any atom is 0.164 e. The summed E-state index contributed by atoms with van der Waals surface area (Å²) in [7, 11) is 0. The molecule has 0 aliphatic heterocycles. The van der Waals surface area contributed by atoms with Crippen LogP contribution in [0.2, 0.25) is 0 Å². The molecule has 4 nitrogen and oxygen atoms in total. The summed E-state index contributed by atoms with van der Waals surface area (Å²) in [5.41, 5.74) is 9.08. The highest BCUT2D eigenvalue weighted by Gasteiger charge is 2.21. The minimum atomic E-state index is 0.603. The summed E-state index contributed by atoms with van der Waals surface area (Å²) in [5.74, 6) is 1.86. The van der Waals surface area contributed by atoms with Gasteiger partial charge in [-0.25, -0.2) is 15.0 Å². The fourth-order valence-corrected chi connectivity index (χ4v) is 8.00. The number of nitrogens with zero attached hydrogens (tertiary/aromatic N) is 3. The molecule has 11 aromatic rings. The van der Waals surface area contributed by atoms with E-state index in [9.17, 15) is 0 Å². The van der Waals surface area contributed by atoms with E-state index < -0.39 is 0 Å². The molecule has 0 atom stereocenters. The Bertz CT molecular complexity index is 3200. The summed E-state index contributed by atoms with van der Waals surface area (Å²) in [6.45, 7) is 0. The Hall–Kier alpha value is -7.43. The van der Waals surface area contributed by atoms with Gasteiger partial charge in [-0.2, -0.15) is 0 Å². The highest BCUT2D eigenvalue weighted by Crippen LogP contribution is 2.44. The van der Waals surface area contributed by atoms with Crippen molar-refractivity contribution < 1.29 is 4.42 Å². The van der Waals surface area contributed by atoms with E-state index in [0.717, 1.165) is 60.5 Å². The standard InChI is InChI=1S/C51H31N3O/c1-3-13-33(14-4-1)49-52-50(34-15-5-2-6-16-34)54-51(53-49)43-20-11-21-45-48(43)47-42-19-10-9-18-41(42)44(31-46(47)55-45)40-27-26-38-29-37(24-25-39(38)30-40)36-23-22-32-12-7-8-17-35(32)28-36/h1-31H. The molecule has 4 heteroatoms. The van der Waals surface area contributed by atoms with Gasteiger partial charge in [0.05, 0.1) is 0 Å². The molecule has 0 bridgehead atoms. The molecule has 0 spiro atoms. The van der Waals surface area contributed by atoms with Crippen LogP contribution in [0.5, 0.6) is 0 Å². The van der Waals surface area contributed by atoms with Crippen molar-refractivity contribution in [3.8, 4) is 56.4 Å². The third-order valence-electron chi connectivity index (χ3n) is 10.7. The van der Waals surface area contributed by atoms with E-state index in [-0.39, 0.29) is 0 Å². The van der Waals surface area contributed by atoms with E-state index in [0.29, 0.717) is 17.5 Å². The summed E-state index contributed by atoms with van der Waals surface area (Å²) in [6, 6.07) is 65.9. The summed E-state index contributed by atoms with van der Waals surface area (Å²) in [6.07, 6.45) is 0. The van der Waals surface area contributed by atoms with Crippen molar-refractivity contribution in [3.05, 3.63) is 188 Å². The van der Waals surface area contributed by atoms with Crippen LogP contribution in [0.15, 0.2) is 192 Å². The molecule has 9 aromatic carbocycles. The van der Waals surface area contributed by atoms with E-state index in [1.165, 1.54) is 32.7 Å². The largest absolute Gasteiger partial charge is 0.456 e. The number of benzene rings is 9. The monoisotopic (exact) mass is 701 g/mol. The Morgan fingerprint density at radius 1 is 0.291 bits per heavy atom. The molecule has 0 aliphatic rings. The molecule has 2 heterocycles. The van der Waals surface area contributed by atoms with Gasteiger partial charge in [0.15, 0.2) is 17.5 Å². The van der Waals surface area contributed by atoms with Gasteiger partial charge in [-0.15, -0.1) is 0 Å². The second kappa shape index (κ2) is 12.6. The van der Waals surface area contributed by atoms with Gasteiger partial charge in [0, 0.05) is 27.5 Å². The van der Waals surface area contributed by atoms with Crippen LogP contribution in [0.4, 0.5) is 0 Å². The molecule has 0 unspecified atom stereocenters. The molecule has 0 saturated heterocycles. The maximum absolute atomic E-state index is 6.73. The summed E-state index contributed by atoms with van der Waals surface area (Å²) < 4.78 is 6.73. The predicted octanol–water partition coefficient (Wildman–Crippen LogP) is 13.6. The fourth-order valence-electron chi connectivity index (χ4n) is 8.00. The molecule has 0 aliphatic carbocycles. The highest BCUT2D eigenvalue weighted by molar-refractivity contribution is 6.25. The zero-order valence-corrected chi connectivity index (χ0v) is 29.6. The molecule has 55 heavy (non-hydrogen) atoms. The zero-order valence-electron chi connectivity index (χ0n) is 29.6. The van der Waals surface area contributed by atoms with Gasteiger partial charge in [0.1, 0.15) is 11.2 Å². The van der Waals surface area contributed by atoms with E-state index in [2.05, 4.69) is 115 Å². The van der Waals surface area contributed by atoms with Crippen LogP contribution in [0, 0.1) is 0 Å². The number of rotatable bonds is 5. The van der Waals surface area contributed by atoms with Crippen LogP contribution < -0.4 is 0 Å². The van der Waals surface area contributed by atoms with Crippen molar-refractivity contribution in [1.82, 2.24) is 15.0 Å². The van der Waals surface area contributed by atoms with Crippen LogP contribution in [0.3, 0.4) is 0 Å². The molecule has 256 valence electrons. The molecule has 11 rings (SSSR count). The maximum atomic E-state index is 6.73. The van der Waals surface area contributed by atoms with E-state index >= 15 is 0 Å². The fraction of sp³-hybridized carbons (Fsp3) is 0. The number of hydrogen-bond donors (Lipinski definition) is 0. The van der Waals surface area contributed by atoms with Gasteiger partial charge in [0.25, 0.3) is 0 Å². The summed E-state index contributed by atoms with van der Waals surface area (Å²) in [4.78, 5) is 15.1. The van der Waals surface area contributed by atoms with Crippen molar-refractivity contribution in [2.75, 3.05) is 0 Å². The van der Waals surface area contributed by atoms with Gasteiger partial charge < -0.3 is 4.42 Å². The van der Waals surface area contributed by atoms with Crippen LogP contribution in [-0.4, -0.2) is 15.0 Å². The van der Waals surface area contributed by atoms with Crippen molar-refractivity contribution in [3.63, 3.8) is 0 Å². The van der Waals surface area contributed by atoms with Crippen LogP contribution in [0.1, 0.15) is 0 Å². The Morgan fingerprint density at radius 3 is 1.51 bits per heavy atom. The normalized spacial score (nSPS) is 11.6. The number of fused-ring (bicyclic) bond motifs is 7. The molecule has 0 N–H and O–H groups in total. The smallest absolute Gasteiger partial charge is 0.164 e. The van der Waals surface area contributed by atoms with Crippen LogP contribution >= 0.6 is 0 Å². The van der Waals surface area contributed by atoms with E-state index in [1.54, 1.807) is 0 Å².